The first-order chi connectivity index (χ1) is 7.38. The molecule has 0 heterocycles. The highest BCUT2D eigenvalue weighted by Gasteiger charge is 2.16. The van der Waals surface area contributed by atoms with Crippen molar-refractivity contribution >= 4 is 11.8 Å². The van der Waals surface area contributed by atoms with Crippen LogP contribution in [0.3, 0.4) is 0 Å². The second kappa shape index (κ2) is 7.22. The Kier molecular flexibility index (Phi) is 6.72. The number of hydrogen-bond acceptors (Lipinski definition) is 3. The second-order valence-electron chi connectivity index (χ2n) is 4.36. The van der Waals surface area contributed by atoms with E-state index in [-0.39, 0.29) is 18.4 Å². The zero-order valence-electron chi connectivity index (χ0n) is 10.6. The summed E-state index contributed by atoms with van der Waals surface area (Å²) >= 11 is 0. The number of likely N-dealkylation sites (N-methyl/N-ethyl adjacent to an activating group) is 1. The van der Waals surface area contributed by atoms with Crippen molar-refractivity contribution in [1.82, 2.24) is 10.2 Å². The van der Waals surface area contributed by atoms with E-state index in [0.717, 1.165) is 0 Å². The number of hydrogen-bond donors (Lipinski definition) is 2. The molecule has 0 rings (SSSR count). The van der Waals surface area contributed by atoms with E-state index in [0.29, 0.717) is 18.9 Å². The molecule has 0 aliphatic heterocycles. The second-order valence-corrected chi connectivity index (χ2v) is 4.36. The lowest BCUT2D eigenvalue weighted by molar-refractivity contribution is -0.132. The number of carbonyl (C=O) groups excluding carboxylic acids is 2. The molecule has 1 atom stereocenters. The Morgan fingerprint density at radius 3 is 2.38 bits per heavy atom. The van der Waals surface area contributed by atoms with Gasteiger partial charge in [-0.3, -0.25) is 9.59 Å². The Bertz CT molecular complexity index is 241. The van der Waals surface area contributed by atoms with Crippen LogP contribution in [-0.4, -0.2) is 42.9 Å². The highest BCUT2D eigenvalue weighted by Crippen LogP contribution is 2.02. The van der Waals surface area contributed by atoms with Crippen molar-refractivity contribution in [2.45, 2.75) is 33.2 Å². The van der Waals surface area contributed by atoms with Gasteiger partial charge in [-0.15, -0.1) is 0 Å². The standard InChI is InChI=1S/C11H23N3O2/c1-5-14(4)10(15)7-13-11(16)9(12)6-8(2)3/h8-9H,5-7,12H2,1-4H3,(H,13,16)/t9-/m0/s1. The van der Waals surface area contributed by atoms with Gasteiger partial charge in [-0.25, -0.2) is 0 Å². The maximum atomic E-state index is 11.5. The number of nitrogens with zero attached hydrogens (tertiary/aromatic N) is 1. The number of rotatable bonds is 6. The van der Waals surface area contributed by atoms with E-state index in [1.165, 1.54) is 0 Å². The molecule has 16 heavy (non-hydrogen) atoms. The summed E-state index contributed by atoms with van der Waals surface area (Å²) in [6.07, 6.45) is 0.629. The molecule has 94 valence electrons. The molecule has 0 spiro atoms. The topological polar surface area (TPSA) is 75.4 Å². The average Bonchev–Trinajstić information content (AvgIpc) is 2.23. The van der Waals surface area contributed by atoms with Gasteiger partial charge in [-0.1, -0.05) is 13.8 Å². The van der Waals surface area contributed by atoms with E-state index in [9.17, 15) is 9.59 Å². The molecule has 0 aliphatic rings. The summed E-state index contributed by atoms with van der Waals surface area (Å²) in [5.74, 6) is 0.00826. The van der Waals surface area contributed by atoms with Gasteiger partial charge in [-0.05, 0) is 19.3 Å². The normalized spacial score (nSPS) is 12.4. The van der Waals surface area contributed by atoms with Crippen molar-refractivity contribution in [3.63, 3.8) is 0 Å². The Hall–Kier alpha value is -1.10. The van der Waals surface area contributed by atoms with Crippen LogP contribution in [0.15, 0.2) is 0 Å². The van der Waals surface area contributed by atoms with Gasteiger partial charge >= 0.3 is 0 Å². The van der Waals surface area contributed by atoms with Gasteiger partial charge in [0.2, 0.25) is 11.8 Å². The predicted molar refractivity (Wildman–Crippen MR) is 63.8 cm³/mol. The summed E-state index contributed by atoms with van der Waals surface area (Å²) in [4.78, 5) is 24.4. The van der Waals surface area contributed by atoms with Gasteiger partial charge in [0.05, 0.1) is 12.6 Å². The van der Waals surface area contributed by atoms with Crippen molar-refractivity contribution in [2.75, 3.05) is 20.1 Å². The number of nitrogens with two attached hydrogens (primary N) is 1. The molecule has 0 aromatic rings. The summed E-state index contributed by atoms with van der Waals surface area (Å²) in [6.45, 7) is 6.54. The van der Waals surface area contributed by atoms with E-state index in [4.69, 9.17) is 5.73 Å². The van der Waals surface area contributed by atoms with E-state index in [1.54, 1.807) is 11.9 Å². The Morgan fingerprint density at radius 2 is 1.94 bits per heavy atom. The first kappa shape index (κ1) is 14.9. The summed E-state index contributed by atoms with van der Waals surface area (Å²) in [7, 11) is 1.70. The van der Waals surface area contributed by atoms with Gasteiger partial charge in [-0.2, -0.15) is 0 Å². The van der Waals surface area contributed by atoms with Crippen molar-refractivity contribution in [1.29, 1.82) is 0 Å². The van der Waals surface area contributed by atoms with Crippen LogP contribution in [0.5, 0.6) is 0 Å². The summed E-state index contributed by atoms with van der Waals surface area (Å²) in [5.41, 5.74) is 5.68. The summed E-state index contributed by atoms with van der Waals surface area (Å²) < 4.78 is 0. The summed E-state index contributed by atoms with van der Waals surface area (Å²) in [6, 6.07) is -0.528. The summed E-state index contributed by atoms with van der Waals surface area (Å²) in [5, 5.41) is 2.55. The van der Waals surface area contributed by atoms with Crippen molar-refractivity contribution in [2.24, 2.45) is 11.7 Å². The van der Waals surface area contributed by atoms with E-state index < -0.39 is 6.04 Å². The number of amides is 2. The van der Waals surface area contributed by atoms with Crippen LogP contribution in [0.25, 0.3) is 0 Å². The maximum Gasteiger partial charge on any atom is 0.241 e. The minimum Gasteiger partial charge on any atom is -0.346 e. The molecule has 3 N–H and O–H groups in total. The fourth-order valence-electron chi connectivity index (χ4n) is 1.22. The van der Waals surface area contributed by atoms with Crippen LogP contribution in [-0.2, 0) is 9.59 Å². The lowest BCUT2D eigenvalue weighted by atomic mass is 10.0. The average molecular weight is 229 g/mol. The minimum absolute atomic E-state index is 0.0228. The molecule has 0 unspecified atom stereocenters. The quantitative estimate of drug-likeness (QED) is 0.671. The molecule has 0 bridgehead atoms. The van der Waals surface area contributed by atoms with Gasteiger partial charge in [0.15, 0.2) is 0 Å². The molecular formula is C11H23N3O2. The molecule has 0 aromatic heterocycles. The third kappa shape index (κ3) is 5.70. The molecule has 2 amide bonds. The monoisotopic (exact) mass is 229 g/mol. The molecule has 5 heteroatoms. The maximum absolute atomic E-state index is 11.5. The van der Waals surface area contributed by atoms with E-state index in [1.807, 2.05) is 20.8 Å². The van der Waals surface area contributed by atoms with E-state index >= 15 is 0 Å². The smallest absolute Gasteiger partial charge is 0.241 e. The zero-order chi connectivity index (χ0) is 12.7. The van der Waals surface area contributed by atoms with Crippen LogP contribution >= 0.6 is 0 Å². The third-order valence-electron chi connectivity index (χ3n) is 2.38. The van der Waals surface area contributed by atoms with Crippen molar-refractivity contribution in [3.05, 3.63) is 0 Å². The molecule has 0 fully saturated rings. The number of carbonyl (C=O) groups is 2. The minimum atomic E-state index is -0.528. The van der Waals surface area contributed by atoms with Gasteiger partial charge in [0.25, 0.3) is 0 Å². The van der Waals surface area contributed by atoms with Gasteiger partial charge < -0.3 is 16.0 Å². The Labute approximate surface area is 97.4 Å². The third-order valence-corrected chi connectivity index (χ3v) is 2.38. The Balaban J connectivity index is 3.93. The zero-order valence-corrected chi connectivity index (χ0v) is 10.6. The van der Waals surface area contributed by atoms with Crippen molar-refractivity contribution in [3.8, 4) is 0 Å². The van der Waals surface area contributed by atoms with Crippen LogP contribution < -0.4 is 11.1 Å². The molecule has 0 aliphatic carbocycles. The SMILES string of the molecule is CCN(C)C(=O)CNC(=O)[C@@H](N)CC(C)C. The largest absolute Gasteiger partial charge is 0.346 e. The van der Waals surface area contributed by atoms with Crippen LogP contribution in [0, 0.1) is 5.92 Å². The first-order valence-electron chi connectivity index (χ1n) is 5.65. The Morgan fingerprint density at radius 1 is 1.38 bits per heavy atom. The fourth-order valence-corrected chi connectivity index (χ4v) is 1.22. The van der Waals surface area contributed by atoms with Gasteiger partial charge in [0.1, 0.15) is 0 Å². The van der Waals surface area contributed by atoms with Crippen molar-refractivity contribution < 1.29 is 9.59 Å². The fraction of sp³-hybridized carbons (Fsp3) is 0.818. The first-order valence-corrected chi connectivity index (χ1v) is 5.65. The molecule has 5 nitrogen and oxygen atoms in total. The highest BCUT2D eigenvalue weighted by molar-refractivity contribution is 5.87. The molecular weight excluding hydrogens is 206 g/mol. The highest BCUT2D eigenvalue weighted by atomic mass is 16.2. The van der Waals surface area contributed by atoms with Gasteiger partial charge in [0, 0.05) is 13.6 Å². The lowest BCUT2D eigenvalue weighted by Crippen LogP contribution is -2.45. The van der Waals surface area contributed by atoms with Crippen LogP contribution in [0.4, 0.5) is 0 Å². The molecule has 0 saturated carbocycles. The van der Waals surface area contributed by atoms with Crippen LogP contribution in [0.1, 0.15) is 27.2 Å². The molecule has 0 radical (unpaired) electrons. The molecule has 0 saturated heterocycles. The van der Waals surface area contributed by atoms with E-state index in [2.05, 4.69) is 5.32 Å². The van der Waals surface area contributed by atoms with Crippen LogP contribution in [0.2, 0.25) is 0 Å². The molecule has 0 aromatic carbocycles. The lowest BCUT2D eigenvalue weighted by Gasteiger charge is -2.17. The predicted octanol–water partition coefficient (Wildman–Crippen LogP) is -0.0457. The number of nitrogens with one attached hydrogen (secondary N) is 1.